The van der Waals surface area contributed by atoms with E-state index in [1.165, 1.54) is 24.0 Å². The van der Waals surface area contributed by atoms with Crippen LogP contribution in [0.4, 0.5) is 0 Å². The summed E-state index contributed by atoms with van der Waals surface area (Å²) in [6.07, 6.45) is 4.07. The maximum absolute atomic E-state index is 12.2. The van der Waals surface area contributed by atoms with E-state index in [9.17, 15) is 14.4 Å². The van der Waals surface area contributed by atoms with E-state index in [1.807, 2.05) is 0 Å². The molecule has 0 bridgehead atoms. The molecule has 2 aromatic carbocycles. The fraction of sp³-hybridized carbons (Fsp3) is 0.286. The molecule has 5 heteroatoms. The summed E-state index contributed by atoms with van der Waals surface area (Å²) in [4.78, 5) is 41.3. The number of carbonyl (C=O) groups is 3. The first kappa shape index (κ1) is 16.5. The topological polar surface area (TPSA) is 63.7 Å². The third kappa shape index (κ3) is 3.25. The monoisotopic (exact) mass is 349 g/mol. The molecule has 4 rings (SSSR count). The number of hydrogen-bond donors (Lipinski definition) is 0. The van der Waals surface area contributed by atoms with Crippen molar-refractivity contribution in [2.45, 2.75) is 38.0 Å². The van der Waals surface area contributed by atoms with E-state index < -0.39 is 17.8 Å². The number of aryl methyl sites for hydroxylation is 1. The highest BCUT2D eigenvalue weighted by atomic mass is 16.7. The Hall–Kier alpha value is -2.95. The van der Waals surface area contributed by atoms with Gasteiger partial charge in [0.05, 0.1) is 11.1 Å². The van der Waals surface area contributed by atoms with Crippen LogP contribution in [0, 0.1) is 0 Å². The van der Waals surface area contributed by atoms with Gasteiger partial charge in [0, 0.05) is 6.42 Å². The number of hydroxylamine groups is 2. The van der Waals surface area contributed by atoms with Gasteiger partial charge in [0.1, 0.15) is 0 Å². The second-order valence-corrected chi connectivity index (χ2v) is 6.78. The maximum Gasteiger partial charge on any atom is 0.333 e. The van der Waals surface area contributed by atoms with E-state index in [4.69, 9.17) is 4.84 Å². The SMILES string of the molecule is O=C(CCCc1ccc(C2CC2)cc1)ON1C(=O)c2ccccc2C1=O. The number of imide groups is 1. The van der Waals surface area contributed by atoms with E-state index in [0.717, 1.165) is 12.3 Å². The number of amides is 2. The summed E-state index contributed by atoms with van der Waals surface area (Å²) >= 11 is 0. The average molecular weight is 349 g/mol. The summed E-state index contributed by atoms with van der Waals surface area (Å²) in [6.45, 7) is 0. The van der Waals surface area contributed by atoms with E-state index in [2.05, 4.69) is 24.3 Å². The van der Waals surface area contributed by atoms with Gasteiger partial charge in [-0.15, -0.1) is 0 Å². The lowest BCUT2D eigenvalue weighted by Gasteiger charge is -2.12. The molecule has 132 valence electrons. The molecule has 1 fully saturated rings. The van der Waals surface area contributed by atoms with Crippen LogP contribution < -0.4 is 0 Å². The first-order valence-electron chi connectivity index (χ1n) is 8.91. The van der Waals surface area contributed by atoms with Gasteiger partial charge in [-0.1, -0.05) is 41.5 Å². The van der Waals surface area contributed by atoms with Gasteiger partial charge in [-0.25, -0.2) is 4.79 Å². The van der Waals surface area contributed by atoms with Gasteiger partial charge in [-0.3, -0.25) is 9.59 Å². The third-order valence-corrected chi connectivity index (χ3v) is 4.82. The molecular weight excluding hydrogens is 330 g/mol. The lowest BCUT2D eigenvalue weighted by Crippen LogP contribution is -2.32. The average Bonchev–Trinajstić information content (AvgIpc) is 3.48. The van der Waals surface area contributed by atoms with Crippen LogP contribution in [-0.4, -0.2) is 22.8 Å². The molecular formula is C21H19NO4. The molecule has 5 nitrogen and oxygen atoms in total. The minimum Gasteiger partial charge on any atom is -0.330 e. The van der Waals surface area contributed by atoms with Crippen LogP contribution in [0.3, 0.4) is 0 Å². The quantitative estimate of drug-likeness (QED) is 0.747. The highest BCUT2D eigenvalue weighted by Crippen LogP contribution is 2.39. The molecule has 2 aromatic rings. The second-order valence-electron chi connectivity index (χ2n) is 6.78. The van der Waals surface area contributed by atoms with Gasteiger partial charge in [0.2, 0.25) is 0 Å². The first-order chi connectivity index (χ1) is 12.6. The molecule has 1 aliphatic heterocycles. The zero-order valence-corrected chi connectivity index (χ0v) is 14.3. The smallest absolute Gasteiger partial charge is 0.330 e. The Labute approximate surface area is 151 Å². The lowest BCUT2D eigenvalue weighted by atomic mass is 10.0. The molecule has 2 amide bonds. The second kappa shape index (κ2) is 6.75. The van der Waals surface area contributed by atoms with Crippen molar-refractivity contribution in [2.75, 3.05) is 0 Å². The van der Waals surface area contributed by atoms with Gasteiger partial charge in [0.25, 0.3) is 11.8 Å². The number of nitrogens with zero attached hydrogens (tertiary/aromatic N) is 1. The van der Waals surface area contributed by atoms with Crippen LogP contribution in [0.15, 0.2) is 48.5 Å². The standard InChI is InChI=1S/C21H19NO4/c23-19(7-3-4-14-8-10-15(11-9-14)16-12-13-16)26-22-20(24)17-5-1-2-6-18(17)21(22)25/h1-2,5-6,8-11,16H,3-4,7,12-13H2. The van der Waals surface area contributed by atoms with Crippen LogP contribution in [0.1, 0.15) is 63.4 Å². The van der Waals surface area contributed by atoms with Gasteiger partial charge in [-0.05, 0) is 54.9 Å². The van der Waals surface area contributed by atoms with E-state index in [1.54, 1.807) is 24.3 Å². The summed E-state index contributed by atoms with van der Waals surface area (Å²) in [6, 6.07) is 15.0. The van der Waals surface area contributed by atoms with Crippen molar-refractivity contribution in [2.24, 2.45) is 0 Å². The number of hydrogen-bond acceptors (Lipinski definition) is 4. The Kier molecular flexibility index (Phi) is 4.29. The molecule has 0 radical (unpaired) electrons. The van der Waals surface area contributed by atoms with Gasteiger partial charge in [0.15, 0.2) is 0 Å². The maximum atomic E-state index is 12.2. The molecule has 2 aliphatic rings. The predicted octanol–water partition coefficient (Wildman–Crippen LogP) is 3.64. The molecule has 1 saturated carbocycles. The normalized spacial score (nSPS) is 15.9. The number of fused-ring (bicyclic) bond motifs is 1. The van der Waals surface area contributed by atoms with Crippen molar-refractivity contribution in [3.63, 3.8) is 0 Å². The van der Waals surface area contributed by atoms with Crippen molar-refractivity contribution < 1.29 is 19.2 Å². The number of carbonyl (C=O) groups excluding carboxylic acids is 3. The van der Waals surface area contributed by atoms with Crippen molar-refractivity contribution in [1.82, 2.24) is 5.06 Å². The highest BCUT2D eigenvalue weighted by Gasteiger charge is 2.38. The van der Waals surface area contributed by atoms with Crippen molar-refractivity contribution in [1.29, 1.82) is 0 Å². The molecule has 0 unspecified atom stereocenters. The Morgan fingerprint density at radius 3 is 2.15 bits per heavy atom. The molecule has 1 aliphatic carbocycles. The molecule has 0 aromatic heterocycles. The fourth-order valence-corrected chi connectivity index (χ4v) is 3.21. The number of benzene rings is 2. The Morgan fingerprint density at radius 2 is 1.58 bits per heavy atom. The zero-order chi connectivity index (χ0) is 18.1. The van der Waals surface area contributed by atoms with Gasteiger partial charge < -0.3 is 4.84 Å². The molecule has 0 spiro atoms. The fourth-order valence-electron chi connectivity index (χ4n) is 3.21. The molecule has 0 N–H and O–H groups in total. The van der Waals surface area contributed by atoms with Crippen LogP contribution in [0.5, 0.6) is 0 Å². The minimum atomic E-state index is -0.588. The van der Waals surface area contributed by atoms with E-state index in [0.29, 0.717) is 11.5 Å². The Morgan fingerprint density at radius 1 is 0.962 bits per heavy atom. The van der Waals surface area contributed by atoms with Crippen molar-refractivity contribution in [3.8, 4) is 0 Å². The third-order valence-electron chi connectivity index (χ3n) is 4.82. The summed E-state index contributed by atoms with van der Waals surface area (Å²) < 4.78 is 0. The highest BCUT2D eigenvalue weighted by molar-refractivity contribution is 6.20. The minimum absolute atomic E-state index is 0.151. The molecule has 0 atom stereocenters. The largest absolute Gasteiger partial charge is 0.333 e. The first-order valence-corrected chi connectivity index (χ1v) is 8.91. The molecule has 26 heavy (non-hydrogen) atoms. The van der Waals surface area contributed by atoms with Crippen LogP contribution in [0.2, 0.25) is 0 Å². The molecule has 0 saturated heterocycles. The van der Waals surface area contributed by atoms with Gasteiger partial charge >= 0.3 is 5.97 Å². The summed E-state index contributed by atoms with van der Waals surface area (Å²) in [5, 5.41) is 0.567. The molecule has 1 heterocycles. The predicted molar refractivity (Wildman–Crippen MR) is 94.4 cm³/mol. The van der Waals surface area contributed by atoms with Crippen LogP contribution in [0.25, 0.3) is 0 Å². The Balaban J connectivity index is 1.28. The van der Waals surface area contributed by atoms with Crippen LogP contribution >= 0.6 is 0 Å². The van der Waals surface area contributed by atoms with E-state index >= 15 is 0 Å². The van der Waals surface area contributed by atoms with E-state index in [-0.39, 0.29) is 17.5 Å². The summed E-state index contributed by atoms with van der Waals surface area (Å²) in [5.41, 5.74) is 3.09. The Bertz CT molecular complexity index is 833. The summed E-state index contributed by atoms with van der Waals surface area (Å²) in [5.74, 6) is -1.02. The van der Waals surface area contributed by atoms with Gasteiger partial charge in [-0.2, -0.15) is 0 Å². The summed E-state index contributed by atoms with van der Waals surface area (Å²) in [7, 11) is 0. The zero-order valence-electron chi connectivity index (χ0n) is 14.3. The van der Waals surface area contributed by atoms with Crippen molar-refractivity contribution >= 4 is 17.8 Å². The lowest BCUT2D eigenvalue weighted by molar-refractivity contribution is -0.168. The van der Waals surface area contributed by atoms with Crippen LogP contribution in [-0.2, 0) is 16.1 Å². The number of rotatable bonds is 6. The van der Waals surface area contributed by atoms with Crippen molar-refractivity contribution in [3.05, 3.63) is 70.8 Å².